The summed E-state index contributed by atoms with van der Waals surface area (Å²) >= 11 is 3.82. The van der Waals surface area contributed by atoms with Crippen LogP contribution in [0.2, 0.25) is 0 Å². The molecule has 58 valence electrons. The summed E-state index contributed by atoms with van der Waals surface area (Å²) in [7, 11) is 0. The first kappa shape index (κ1) is 9.29. The fourth-order valence-corrected chi connectivity index (χ4v) is 0.807. The zero-order chi connectivity index (χ0) is 8.15. The molecule has 0 heterocycles. The van der Waals surface area contributed by atoms with Gasteiger partial charge in [0.2, 0.25) is 11.8 Å². The van der Waals surface area contributed by atoms with Crippen molar-refractivity contribution >= 4 is 24.4 Å². The van der Waals surface area contributed by atoms with Crippen molar-refractivity contribution in [2.45, 2.75) is 6.42 Å². The third-order valence-corrected chi connectivity index (χ3v) is 1.51. The van der Waals surface area contributed by atoms with Crippen molar-refractivity contribution in [3.8, 4) is 0 Å². The van der Waals surface area contributed by atoms with Crippen LogP contribution in [0, 0.1) is 5.92 Å². The zero-order valence-electron chi connectivity index (χ0n) is 5.41. The van der Waals surface area contributed by atoms with E-state index in [2.05, 4.69) is 12.6 Å². The van der Waals surface area contributed by atoms with E-state index in [1.54, 1.807) is 0 Å². The van der Waals surface area contributed by atoms with Gasteiger partial charge in [-0.15, -0.1) is 0 Å². The standard InChI is InChI=1S/C5H10N2O2S/c6-4(8)1-3(2-10)5(7)9/h3,10H,1-2H2,(H2,6,8)(H2,7,9). The maximum Gasteiger partial charge on any atom is 0.221 e. The summed E-state index contributed by atoms with van der Waals surface area (Å²) in [5.74, 6) is -1.33. The summed E-state index contributed by atoms with van der Waals surface area (Å²) in [4.78, 5) is 20.7. The number of rotatable bonds is 4. The molecule has 0 rings (SSSR count). The Bertz CT molecular complexity index is 149. The average molecular weight is 162 g/mol. The van der Waals surface area contributed by atoms with Gasteiger partial charge in [-0.05, 0) is 0 Å². The highest BCUT2D eigenvalue weighted by Gasteiger charge is 2.15. The highest BCUT2D eigenvalue weighted by atomic mass is 32.1. The molecule has 0 aromatic carbocycles. The van der Waals surface area contributed by atoms with E-state index in [4.69, 9.17) is 11.5 Å². The van der Waals surface area contributed by atoms with E-state index in [-0.39, 0.29) is 12.2 Å². The maximum absolute atomic E-state index is 10.4. The Labute approximate surface area is 64.4 Å². The molecule has 1 atom stereocenters. The first-order valence-electron chi connectivity index (χ1n) is 2.76. The van der Waals surface area contributed by atoms with E-state index in [0.29, 0.717) is 0 Å². The van der Waals surface area contributed by atoms with Crippen LogP contribution in [0.1, 0.15) is 6.42 Å². The lowest BCUT2D eigenvalue weighted by atomic mass is 10.1. The van der Waals surface area contributed by atoms with Gasteiger partial charge in [0, 0.05) is 12.2 Å². The molecule has 0 bridgehead atoms. The van der Waals surface area contributed by atoms with E-state index in [1.165, 1.54) is 0 Å². The van der Waals surface area contributed by atoms with Gasteiger partial charge < -0.3 is 11.5 Å². The number of amides is 2. The Balaban J connectivity index is 3.83. The number of carbonyl (C=O) groups excluding carboxylic acids is 2. The first-order chi connectivity index (χ1) is 4.57. The van der Waals surface area contributed by atoms with E-state index < -0.39 is 17.7 Å². The first-order valence-corrected chi connectivity index (χ1v) is 3.39. The van der Waals surface area contributed by atoms with Gasteiger partial charge >= 0.3 is 0 Å². The summed E-state index contributed by atoms with van der Waals surface area (Å²) in [5.41, 5.74) is 9.73. The van der Waals surface area contributed by atoms with Crippen LogP contribution >= 0.6 is 12.6 Å². The summed E-state index contributed by atoms with van der Waals surface area (Å²) < 4.78 is 0. The molecular formula is C5H10N2O2S. The molecular weight excluding hydrogens is 152 g/mol. The third kappa shape index (κ3) is 3.34. The predicted octanol–water partition coefficient (Wildman–Crippen LogP) is -1.11. The molecule has 4 nitrogen and oxygen atoms in total. The smallest absolute Gasteiger partial charge is 0.221 e. The van der Waals surface area contributed by atoms with Crippen LogP contribution in [-0.2, 0) is 9.59 Å². The van der Waals surface area contributed by atoms with Crippen LogP contribution < -0.4 is 11.5 Å². The Morgan fingerprint density at radius 2 is 1.90 bits per heavy atom. The van der Waals surface area contributed by atoms with Crippen LogP contribution in [0.25, 0.3) is 0 Å². The lowest BCUT2D eigenvalue weighted by Crippen LogP contribution is -2.29. The zero-order valence-corrected chi connectivity index (χ0v) is 6.30. The summed E-state index contributed by atoms with van der Waals surface area (Å²) in [6, 6.07) is 0. The summed E-state index contributed by atoms with van der Waals surface area (Å²) in [5, 5.41) is 0. The van der Waals surface area contributed by atoms with Gasteiger partial charge in [0.15, 0.2) is 0 Å². The fraction of sp³-hybridized carbons (Fsp3) is 0.600. The molecule has 0 spiro atoms. The molecule has 0 aromatic rings. The predicted molar refractivity (Wildman–Crippen MR) is 40.3 cm³/mol. The van der Waals surface area contributed by atoms with Gasteiger partial charge in [-0.2, -0.15) is 12.6 Å². The van der Waals surface area contributed by atoms with Crippen LogP contribution in [0.15, 0.2) is 0 Å². The minimum atomic E-state index is -0.534. The lowest BCUT2D eigenvalue weighted by Gasteiger charge is -2.05. The Morgan fingerprint density at radius 3 is 2.00 bits per heavy atom. The van der Waals surface area contributed by atoms with Gasteiger partial charge in [0.1, 0.15) is 0 Å². The lowest BCUT2D eigenvalue weighted by molar-refractivity contribution is -0.126. The van der Waals surface area contributed by atoms with Gasteiger partial charge in [0.25, 0.3) is 0 Å². The highest BCUT2D eigenvalue weighted by Crippen LogP contribution is 2.02. The summed E-state index contributed by atoms with van der Waals surface area (Å²) in [6.07, 6.45) is -0.0150. The fourth-order valence-electron chi connectivity index (χ4n) is 0.498. The van der Waals surface area contributed by atoms with E-state index in [0.717, 1.165) is 0 Å². The highest BCUT2D eigenvalue weighted by molar-refractivity contribution is 7.80. The molecule has 0 aliphatic heterocycles. The molecule has 0 radical (unpaired) electrons. The second kappa shape index (κ2) is 4.16. The topological polar surface area (TPSA) is 86.2 Å². The molecule has 0 saturated carbocycles. The minimum Gasteiger partial charge on any atom is -0.370 e. The van der Waals surface area contributed by atoms with Crippen LogP contribution in [0.5, 0.6) is 0 Å². The number of nitrogens with two attached hydrogens (primary N) is 2. The normalized spacial score (nSPS) is 12.5. The number of thiol groups is 1. The van der Waals surface area contributed by atoms with Gasteiger partial charge in [-0.1, -0.05) is 0 Å². The largest absolute Gasteiger partial charge is 0.370 e. The quantitative estimate of drug-likeness (QED) is 0.458. The molecule has 0 saturated heterocycles. The third-order valence-electron chi connectivity index (χ3n) is 1.07. The molecule has 5 heteroatoms. The van der Waals surface area contributed by atoms with E-state index in [9.17, 15) is 9.59 Å². The monoisotopic (exact) mass is 162 g/mol. The molecule has 0 aromatic heterocycles. The van der Waals surface area contributed by atoms with Crippen molar-refractivity contribution in [1.82, 2.24) is 0 Å². The van der Waals surface area contributed by atoms with Crippen molar-refractivity contribution in [1.29, 1.82) is 0 Å². The van der Waals surface area contributed by atoms with Crippen molar-refractivity contribution in [3.63, 3.8) is 0 Å². The van der Waals surface area contributed by atoms with Crippen molar-refractivity contribution in [3.05, 3.63) is 0 Å². The molecule has 0 aliphatic carbocycles. The molecule has 2 amide bonds. The molecule has 4 N–H and O–H groups in total. The number of primary amides is 2. The average Bonchev–Trinajstić information content (AvgIpc) is 1.81. The molecule has 0 aliphatic rings. The maximum atomic E-state index is 10.4. The van der Waals surface area contributed by atoms with Crippen LogP contribution in [0.3, 0.4) is 0 Å². The van der Waals surface area contributed by atoms with E-state index >= 15 is 0 Å². The van der Waals surface area contributed by atoms with Crippen molar-refractivity contribution in [2.24, 2.45) is 17.4 Å². The number of hydrogen-bond acceptors (Lipinski definition) is 3. The molecule has 10 heavy (non-hydrogen) atoms. The Morgan fingerprint density at radius 1 is 1.40 bits per heavy atom. The number of carbonyl (C=O) groups is 2. The molecule has 1 unspecified atom stereocenters. The van der Waals surface area contributed by atoms with Gasteiger partial charge in [-0.3, -0.25) is 9.59 Å². The second-order valence-corrected chi connectivity index (χ2v) is 2.32. The molecule has 0 fully saturated rings. The second-order valence-electron chi connectivity index (χ2n) is 1.95. The van der Waals surface area contributed by atoms with Crippen LogP contribution in [-0.4, -0.2) is 17.6 Å². The van der Waals surface area contributed by atoms with Crippen molar-refractivity contribution < 1.29 is 9.59 Å². The Hall–Kier alpha value is -0.710. The Kier molecular flexibility index (Phi) is 3.87. The summed E-state index contributed by atoms with van der Waals surface area (Å²) in [6.45, 7) is 0. The van der Waals surface area contributed by atoms with Gasteiger partial charge in [0.05, 0.1) is 5.92 Å². The number of hydrogen-bond donors (Lipinski definition) is 3. The SMILES string of the molecule is NC(=O)CC(CS)C(N)=O. The van der Waals surface area contributed by atoms with Crippen molar-refractivity contribution in [2.75, 3.05) is 5.75 Å². The van der Waals surface area contributed by atoms with E-state index in [1.807, 2.05) is 0 Å². The van der Waals surface area contributed by atoms with Crippen LogP contribution in [0.4, 0.5) is 0 Å². The van der Waals surface area contributed by atoms with Gasteiger partial charge in [-0.25, -0.2) is 0 Å². The minimum absolute atomic E-state index is 0.0150.